The Morgan fingerprint density at radius 2 is 2.23 bits per heavy atom. The zero-order valence-electron chi connectivity index (χ0n) is 13.0. The minimum atomic E-state index is 1.03. The maximum absolute atomic E-state index is 4.94. The van der Waals surface area contributed by atoms with Gasteiger partial charge in [-0.25, -0.2) is 4.98 Å². The van der Waals surface area contributed by atoms with Crippen molar-refractivity contribution in [2.75, 3.05) is 0 Å². The number of nitrogens with zero attached hydrogens (tertiary/aromatic N) is 3. The second kappa shape index (κ2) is 5.36. The number of thiophene rings is 1. The number of aromatic nitrogens is 3. The fraction of sp³-hybridized carbons (Fsp3) is 0.333. The van der Waals surface area contributed by atoms with Crippen molar-refractivity contribution in [1.29, 1.82) is 0 Å². The lowest BCUT2D eigenvalue weighted by molar-refractivity contribution is 0.754. The normalized spacial score (nSPS) is 13.5. The van der Waals surface area contributed by atoms with Gasteiger partial charge in [-0.2, -0.15) is 0 Å². The second-order valence-electron chi connectivity index (χ2n) is 5.87. The van der Waals surface area contributed by atoms with Gasteiger partial charge in [0.25, 0.3) is 0 Å². The topological polar surface area (TPSA) is 30.7 Å². The standard InChI is InChI=1S/C18H19N3S/c1-3-13-6-7-19-14(10-13)18-17(15-9-12(2)11-22-15)20-16-5-4-8-21(16)18/h6-7,9-11H,3-5,8H2,1-2H3. The summed E-state index contributed by atoms with van der Waals surface area (Å²) in [7, 11) is 0. The molecule has 0 saturated heterocycles. The van der Waals surface area contributed by atoms with E-state index in [9.17, 15) is 0 Å². The lowest BCUT2D eigenvalue weighted by Crippen LogP contribution is -1.98. The van der Waals surface area contributed by atoms with Crippen molar-refractivity contribution in [1.82, 2.24) is 14.5 Å². The van der Waals surface area contributed by atoms with Crippen LogP contribution in [0.25, 0.3) is 22.0 Å². The van der Waals surface area contributed by atoms with Crippen LogP contribution in [0.1, 0.15) is 30.3 Å². The van der Waals surface area contributed by atoms with Crippen molar-refractivity contribution in [2.45, 2.75) is 39.7 Å². The van der Waals surface area contributed by atoms with E-state index in [4.69, 9.17) is 4.98 Å². The highest BCUT2D eigenvalue weighted by molar-refractivity contribution is 7.13. The molecule has 1 aliphatic rings. The largest absolute Gasteiger partial charge is 0.326 e. The summed E-state index contributed by atoms with van der Waals surface area (Å²) in [5.74, 6) is 1.21. The Balaban J connectivity index is 1.93. The molecule has 4 heteroatoms. The first-order chi connectivity index (χ1) is 10.8. The number of pyridine rings is 1. The summed E-state index contributed by atoms with van der Waals surface area (Å²) >= 11 is 1.77. The molecular weight excluding hydrogens is 290 g/mol. The van der Waals surface area contributed by atoms with Crippen molar-refractivity contribution < 1.29 is 0 Å². The Hall–Kier alpha value is -1.94. The lowest BCUT2D eigenvalue weighted by atomic mass is 10.1. The fourth-order valence-electron chi connectivity index (χ4n) is 3.14. The molecule has 4 rings (SSSR count). The van der Waals surface area contributed by atoms with Crippen LogP contribution >= 0.6 is 11.3 Å². The van der Waals surface area contributed by atoms with E-state index >= 15 is 0 Å². The van der Waals surface area contributed by atoms with Gasteiger partial charge in [-0.15, -0.1) is 11.3 Å². The number of hydrogen-bond acceptors (Lipinski definition) is 3. The van der Waals surface area contributed by atoms with Crippen LogP contribution in [0.2, 0.25) is 0 Å². The fourth-order valence-corrected chi connectivity index (χ4v) is 4.03. The zero-order valence-corrected chi connectivity index (χ0v) is 13.8. The van der Waals surface area contributed by atoms with Crippen molar-refractivity contribution in [3.63, 3.8) is 0 Å². The quantitative estimate of drug-likeness (QED) is 0.713. The predicted octanol–water partition coefficient (Wildman–Crippen LogP) is 4.49. The van der Waals surface area contributed by atoms with Crippen LogP contribution in [0, 0.1) is 6.92 Å². The molecule has 3 nitrogen and oxygen atoms in total. The minimum absolute atomic E-state index is 1.03. The Bertz CT molecular complexity index is 829. The SMILES string of the molecule is CCc1ccnc(-c2c(-c3cc(C)cs3)nc3n2CCC3)c1. The highest BCUT2D eigenvalue weighted by atomic mass is 32.1. The second-order valence-corrected chi connectivity index (χ2v) is 6.78. The molecule has 3 aromatic rings. The molecule has 0 atom stereocenters. The Kier molecular flexibility index (Phi) is 3.34. The van der Waals surface area contributed by atoms with E-state index < -0.39 is 0 Å². The Labute approximate surface area is 134 Å². The summed E-state index contributed by atoms with van der Waals surface area (Å²) in [6.07, 6.45) is 5.22. The highest BCUT2D eigenvalue weighted by Gasteiger charge is 2.24. The molecular formula is C18H19N3S. The molecule has 112 valence electrons. The molecule has 0 bridgehead atoms. The Morgan fingerprint density at radius 3 is 3.00 bits per heavy atom. The number of imidazole rings is 1. The van der Waals surface area contributed by atoms with Gasteiger partial charge >= 0.3 is 0 Å². The maximum Gasteiger partial charge on any atom is 0.110 e. The van der Waals surface area contributed by atoms with E-state index in [1.54, 1.807) is 11.3 Å². The summed E-state index contributed by atoms with van der Waals surface area (Å²) < 4.78 is 2.37. The van der Waals surface area contributed by atoms with Gasteiger partial charge in [-0.3, -0.25) is 4.98 Å². The molecule has 0 N–H and O–H groups in total. The van der Waals surface area contributed by atoms with Gasteiger partial charge in [0.1, 0.15) is 11.5 Å². The average molecular weight is 309 g/mol. The van der Waals surface area contributed by atoms with Crippen LogP contribution < -0.4 is 0 Å². The van der Waals surface area contributed by atoms with Crippen molar-refractivity contribution in [3.05, 3.63) is 46.7 Å². The van der Waals surface area contributed by atoms with Crippen LogP contribution in [0.15, 0.2) is 29.8 Å². The third-order valence-electron chi connectivity index (χ3n) is 4.27. The van der Waals surface area contributed by atoms with Crippen LogP contribution in [0.5, 0.6) is 0 Å². The summed E-state index contributed by atoms with van der Waals surface area (Å²) in [6, 6.07) is 6.54. The minimum Gasteiger partial charge on any atom is -0.326 e. The predicted molar refractivity (Wildman–Crippen MR) is 91.2 cm³/mol. The molecule has 0 unspecified atom stereocenters. The average Bonchev–Trinajstić information content (AvgIpc) is 3.21. The molecule has 0 aliphatic carbocycles. The molecule has 0 aromatic carbocycles. The molecule has 1 aliphatic heterocycles. The van der Waals surface area contributed by atoms with E-state index in [2.05, 4.69) is 47.0 Å². The molecule has 4 heterocycles. The number of hydrogen-bond donors (Lipinski definition) is 0. The van der Waals surface area contributed by atoms with Gasteiger partial charge in [0.15, 0.2) is 0 Å². The van der Waals surface area contributed by atoms with Crippen LogP contribution in [0.3, 0.4) is 0 Å². The molecule has 0 spiro atoms. The Morgan fingerprint density at radius 1 is 1.32 bits per heavy atom. The summed E-state index contributed by atoms with van der Waals surface area (Å²) in [5.41, 5.74) is 5.99. The van der Waals surface area contributed by atoms with E-state index in [1.807, 2.05) is 6.20 Å². The molecule has 3 aromatic heterocycles. The van der Waals surface area contributed by atoms with Gasteiger partial charge < -0.3 is 4.57 Å². The molecule has 0 radical (unpaired) electrons. The summed E-state index contributed by atoms with van der Waals surface area (Å²) in [4.78, 5) is 10.8. The number of rotatable bonds is 3. The number of aryl methyl sites for hydroxylation is 3. The maximum atomic E-state index is 4.94. The zero-order chi connectivity index (χ0) is 15.1. The van der Waals surface area contributed by atoms with Crippen molar-refractivity contribution >= 4 is 11.3 Å². The smallest absolute Gasteiger partial charge is 0.110 e. The monoisotopic (exact) mass is 309 g/mol. The molecule has 0 fully saturated rings. The van der Waals surface area contributed by atoms with Crippen LogP contribution in [0.4, 0.5) is 0 Å². The summed E-state index contributed by atoms with van der Waals surface area (Å²) in [5, 5.41) is 2.19. The van der Waals surface area contributed by atoms with Gasteiger partial charge in [0.05, 0.1) is 16.3 Å². The first-order valence-corrected chi connectivity index (χ1v) is 8.74. The van der Waals surface area contributed by atoms with Crippen molar-refractivity contribution in [3.8, 4) is 22.0 Å². The summed E-state index contributed by atoms with van der Waals surface area (Å²) in [6.45, 7) is 5.38. The van der Waals surface area contributed by atoms with Crippen LogP contribution in [-0.4, -0.2) is 14.5 Å². The van der Waals surface area contributed by atoms with Gasteiger partial charge in [-0.05, 0) is 54.5 Å². The third kappa shape index (κ3) is 2.18. The van der Waals surface area contributed by atoms with E-state index in [-0.39, 0.29) is 0 Å². The van der Waals surface area contributed by atoms with Crippen LogP contribution in [-0.2, 0) is 19.4 Å². The number of fused-ring (bicyclic) bond motifs is 1. The van der Waals surface area contributed by atoms with Gasteiger partial charge in [0, 0.05) is 19.2 Å². The highest BCUT2D eigenvalue weighted by Crippen LogP contribution is 2.37. The first-order valence-electron chi connectivity index (χ1n) is 7.86. The van der Waals surface area contributed by atoms with E-state index in [1.165, 1.54) is 33.9 Å². The van der Waals surface area contributed by atoms with Crippen molar-refractivity contribution in [2.24, 2.45) is 0 Å². The molecule has 0 amide bonds. The van der Waals surface area contributed by atoms with Gasteiger partial charge in [-0.1, -0.05) is 6.92 Å². The first kappa shape index (κ1) is 13.7. The molecule has 0 saturated carbocycles. The lowest BCUT2D eigenvalue weighted by Gasteiger charge is -2.08. The van der Waals surface area contributed by atoms with E-state index in [0.717, 1.165) is 30.8 Å². The van der Waals surface area contributed by atoms with E-state index in [0.29, 0.717) is 0 Å². The molecule has 22 heavy (non-hydrogen) atoms. The van der Waals surface area contributed by atoms with Gasteiger partial charge in [0.2, 0.25) is 0 Å². The third-order valence-corrected chi connectivity index (χ3v) is 5.32.